The first kappa shape index (κ1) is 19.0. The number of hydrogen-bond acceptors (Lipinski definition) is 7. The maximum Gasteiger partial charge on any atom is 0.234 e. The third kappa shape index (κ3) is 3.96. The molecular formula is C18H32FN7O. The lowest BCUT2D eigenvalue weighted by Gasteiger charge is -2.41. The summed E-state index contributed by atoms with van der Waals surface area (Å²) in [6, 6.07) is 0.666. The van der Waals surface area contributed by atoms with Gasteiger partial charge in [0.25, 0.3) is 0 Å². The van der Waals surface area contributed by atoms with Crippen molar-refractivity contribution in [2.75, 3.05) is 32.7 Å². The number of hydrogen-bond donors (Lipinski definition) is 5. The standard InChI is InChI=1S/C18H32FN7O/c1-10-2-3-11(6-22-10)13-4-5-21-8-14(13)24-18(27)15-16(20)25-26-9-12(19)7-23-17(15)26/h10-16,21-22,25H,2-9,20H2,1H3,(H,24,27). The number of amides is 1. The highest BCUT2D eigenvalue weighted by Gasteiger charge is 2.45. The summed E-state index contributed by atoms with van der Waals surface area (Å²) in [5.41, 5.74) is 9.13. The Morgan fingerprint density at radius 3 is 2.96 bits per heavy atom. The summed E-state index contributed by atoms with van der Waals surface area (Å²) in [6.45, 7) is 5.30. The molecule has 152 valence electrons. The Bertz CT molecular complexity index is 580. The average Bonchev–Trinajstić information content (AvgIpc) is 2.98. The predicted molar refractivity (Wildman–Crippen MR) is 102 cm³/mol. The number of rotatable bonds is 3. The van der Waals surface area contributed by atoms with Crippen molar-refractivity contribution in [1.29, 1.82) is 0 Å². The minimum Gasteiger partial charge on any atom is -0.351 e. The normalized spacial score (nSPS) is 42.4. The van der Waals surface area contributed by atoms with Gasteiger partial charge in [-0.25, -0.2) is 9.82 Å². The fraction of sp³-hybridized carbons (Fsp3) is 0.889. The Morgan fingerprint density at radius 2 is 2.19 bits per heavy atom. The topological polar surface area (TPSA) is 107 Å². The molecule has 0 aliphatic carbocycles. The van der Waals surface area contributed by atoms with E-state index >= 15 is 0 Å². The molecule has 6 N–H and O–H groups in total. The number of fused-ring (bicyclic) bond motifs is 1. The lowest BCUT2D eigenvalue weighted by molar-refractivity contribution is -0.124. The predicted octanol–water partition coefficient (Wildman–Crippen LogP) is -1.06. The van der Waals surface area contributed by atoms with Crippen LogP contribution in [0.15, 0.2) is 4.99 Å². The zero-order valence-corrected chi connectivity index (χ0v) is 16.0. The van der Waals surface area contributed by atoms with Crippen LogP contribution >= 0.6 is 0 Å². The van der Waals surface area contributed by atoms with Crippen molar-refractivity contribution in [3.8, 4) is 0 Å². The molecule has 8 nitrogen and oxygen atoms in total. The molecule has 7 atom stereocenters. The Kier molecular flexibility index (Phi) is 5.63. The van der Waals surface area contributed by atoms with E-state index in [4.69, 9.17) is 5.73 Å². The van der Waals surface area contributed by atoms with Gasteiger partial charge in [-0.05, 0) is 51.1 Å². The number of alkyl halides is 1. The van der Waals surface area contributed by atoms with Crippen LogP contribution in [-0.4, -0.2) is 73.9 Å². The van der Waals surface area contributed by atoms with Crippen molar-refractivity contribution < 1.29 is 9.18 Å². The molecule has 4 heterocycles. The van der Waals surface area contributed by atoms with Gasteiger partial charge in [-0.3, -0.25) is 14.8 Å². The molecule has 0 spiro atoms. The highest BCUT2D eigenvalue weighted by atomic mass is 19.1. The number of nitrogens with two attached hydrogens (primary N) is 1. The second-order valence-electron chi connectivity index (χ2n) is 8.46. The van der Waals surface area contributed by atoms with Crippen molar-refractivity contribution >= 4 is 11.7 Å². The summed E-state index contributed by atoms with van der Waals surface area (Å²) in [5, 5.41) is 11.8. The van der Waals surface area contributed by atoms with E-state index in [9.17, 15) is 9.18 Å². The maximum atomic E-state index is 13.6. The van der Waals surface area contributed by atoms with E-state index in [1.54, 1.807) is 5.01 Å². The minimum atomic E-state index is -1.02. The Hall–Kier alpha value is -1.29. The van der Waals surface area contributed by atoms with Gasteiger partial charge in [-0.15, -0.1) is 0 Å². The van der Waals surface area contributed by atoms with Crippen LogP contribution in [0.5, 0.6) is 0 Å². The molecule has 4 aliphatic heterocycles. The number of carbonyl (C=O) groups is 1. The number of halogens is 1. The maximum absolute atomic E-state index is 13.6. The van der Waals surface area contributed by atoms with Crippen LogP contribution in [-0.2, 0) is 4.79 Å². The fourth-order valence-corrected chi connectivity index (χ4v) is 4.97. The van der Waals surface area contributed by atoms with Crippen molar-refractivity contribution in [1.82, 2.24) is 26.4 Å². The van der Waals surface area contributed by atoms with E-state index in [1.165, 1.54) is 12.8 Å². The van der Waals surface area contributed by atoms with Crippen LogP contribution in [0.3, 0.4) is 0 Å². The summed E-state index contributed by atoms with van der Waals surface area (Å²) < 4.78 is 13.6. The van der Waals surface area contributed by atoms with Crippen molar-refractivity contribution in [3.05, 3.63) is 0 Å². The molecule has 9 heteroatoms. The molecule has 4 rings (SSSR count). The van der Waals surface area contributed by atoms with Crippen LogP contribution in [0.1, 0.15) is 26.2 Å². The second-order valence-corrected chi connectivity index (χ2v) is 8.46. The van der Waals surface area contributed by atoms with E-state index in [0.29, 0.717) is 23.7 Å². The van der Waals surface area contributed by atoms with Gasteiger partial charge in [0, 0.05) is 18.6 Å². The van der Waals surface area contributed by atoms with E-state index in [-0.39, 0.29) is 25.0 Å². The van der Waals surface area contributed by atoms with Crippen LogP contribution in [0.25, 0.3) is 0 Å². The molecule has 27 heavy (non-hydrogen) atoms. The zero-order chi connectivity index (χ0) is 19.0. The SMILES string of the molecule is CC1CCC(C2CCNCC2NC(=O)C2C3=NCC(F)CN3NC2N)CN1. The molecular weight excluding hydrogens is 349 g/mol. The van der Waals surface area contributed by atoms with Gasteiger partial charge in [-0.1, -0.05) is 0 Å². The van der Waals surface area contributed by atoms with E-state index in [2.05, 4.69) is 33.3 Å². The van der Waals surface area contributed by atoms with Gasteiger partial charge in [-0.2, -0.15) is 0 Å². The Balaban J connectivity index is 1.43. The van der Waals surface area contributed by atoms with E-state index < -0.39 is 18.3 Å². The highest BCUT2D eigenvalue weighted by molar-refractivity contribution is 6.05. The number of piperidine rings is 2. The smallest absolute Gasteiger partial charge is 0.234 e. The molecule has 3 saturated heterocycles. The van der Waals surface area contributed by atoms with Crippen molar-refractivity contribution in [2.24, 2.45) is 28.5 Å². The van der Waals surface area contributed by atoms with Crippen LogP contribution in [0.4, 0.5) is 4.39 Å². The van der Waals surface area contributed by atoms with Crippen LogP contribution < -0.4 is 27.1 Å². The summed E-state index contributed by atoms with van der Waals surface area (Å²) >= 11 is 0. The van der Waals surface area contributed by atoms with Gasteiger partial charge >= 0.3 is 0 Å². The monoisotopic (exact) mass is 381 g/mol. The Labute approximate surface area is 159 Å². The highest BCUT2D eigenvalue weighted by Crippen LogP contribution is 2.29. The largest absolute Gasteiger partial charge is 0.351 e. The molecule has 0 aromatic heterocycles. The third-order valence-corrected chi connectivity index (χ3v) is 6.50. The van der Waals surface area contributed by atoms with Gasteiger partial charge in [0.1, 0.15) is 17.9 Å². The summed E-state index contributed by atoms with van der Waals surface area (Å²) in [7, 11) is 0. The number of carbonyl (C=O) groups excluding carboxylic acids is 1. The first-order valence-electron chi connectivity index (χ1n) is 10.2. The number of nitrogens with zero attached hydrogens (tertiary/aromatic N) is 2. The molecule has 0 saturated carbocycles. The van der Waals surface area contributed by atoms with Crippen LogP contribution in [0.2, 0.25) is 0 Å². The Morgan fingerprint density at radius 1 is 1.33 bits per heavy atom. The number of aliphatic imine (C=N–C) groups is 1. The molecule has 0 radical (unpaired) electrons. The molecule has 7 unspecified atom stereocenters. The summed E-state index contributed by atoms with van der Waals surface area (Å²) in [5.74, 6) is 0.941. The fourth-order valence-electron chi connectivity index (χ4n) is 4.97. The molecule has 1 amide bonds. The van der Waals surface area contributed by atoms with Gasteiger partial charge in [0.05, 0.1) is 19.3 Å². The number of hydrazine groups is 1. The molecule has 4 aliphatic rings. The van der Waals surface area contributed by atoms with E-state index in [0.717, 1.165) is 26.1 Å². The molecule has 0 bridgehead atoms. The third-order valence-electron chi connectivity index (χ3n) is 6.50. The summed E-state index contributed by atoms with van der Waals surface area (Å²) in [6.07, 6.45) is 1.86. The number of amidine groups is 1. The second kappa shape index (κ2) is 7.98. The van der Waals surface area contributed by atoms with Crippen molar-refractivity contribution in [3.63, 3.8) is 0 Å². The lowest BCUT2D eigenvalue weighted by atomic mass is 9.76. The average molecular weight is 382 g/mol. The van der Waals surface area contributed by atoms with Gasteiger partial charge in [0.2, 0.25) is 5.91 Å². The first-order chi connectivity index (χ1) is 13.0. The minimum absolute atomic E-state index is 0.0887. The van der Waals surface area contributed by atoms with Crippen molar-refractivity contribution in [2.45, 2.75) is 50.6 Å². The zero-order valence-electron chi connectivity index (χ0n) is 16.0. The summed E-state index contributed by atoms with van der Waals surface area (Å²) in [4.78, 5) is 17.3. The lowest BCUT2D eigenvalue weighted by Crippen LogP contribution is -2.58. The molecule has 0 aromatic rings. The van der Waals surface area contributed by atoms with Gasteiger partial charge in [0.15, 0.2) is 0 Å². The quantitative estimate of drug-likeness (QED) is 0.427. The number of nitrogens with one attached hydrogen (secondary N) is 4. The van der Waals surface area contributed by atoms with Gasteiger partial charge < -0.3 is 21.7 Å². The molecule has 3 fully saturated rings. The van der Waals surface area contributed by atoms with Crippen LogP contribution in [0, 0.1) is 17.8 Å². The molecule has 0 aromatic carbocycles. The first-order valence-corrected chi connectivity index (χ1v) is 10.2. The van der Waals surface area contributed by atoms with E-state index in [1.807, 2.05) is 0 Å².